The fraction of sp³-hybridized carbons (Fsp3) is 0.667. The average Bonchev–Trinajstić information content (AvgIpc) is 2.56. The van der Waals surface area contributed by atoms with Gasteiger partial charge in [-0.15, -0.1) is 11.3 Å². The Labute approximate surface area is 77.3 Å². The van der Waals surface area contributed by atoms with Crippen molar-refractivity contribution in [3.05, 3.63) is 16.6 Å². The Morgan fingerprint density at radius 1 is 1.58 bits per heavy atom. The third-order valence-electron chi connectivity index (χ3n) is 1.82. The molecular weight excluding hydrogens is 170 g/mol. The summed E-state index contributed by atoms with van der Waals surface area (Å²) in [5.41, 5.74) is 0. The number of aliphatic hydroxyl groups excluding tert-OH is 1. The molecule has 0 aliphatic rings. The molecule has 1 atom stereocenters. The van der Waals surface area contributed by atoms with E-state index >= 15 is 0 Å². The molecule has 3 heteroatoms. The van der Waals surface area contributed by atoms with Gasteiger partial charge in [0, 0.05) is 11.6 Å². The lowest BCUT2D eigenvalue weighted by molar-refractivity contribution is 0.163. The van der Waals surface area contributed by atoms with Gasteiger partial charge in [0.25, 0.3) is 0 Å². The second-order valence-electron chi connectivity index (χ2n) is 2.88. The van der Waals surface area contributed by atoms with Crippen molar-refractivity contribution >= 4 is 11.3 Å². The highest BCUT2D eigenvalue weighted by molar-refractivity contribution is 7.09. The summed E-state index contributed by atoms with van der Waals surface area (Å²) in [6.45, 7) is 2.16. The largest absolute Gasteiger partial charge is 0.386 e. The number of thiazole rings is 1. The molecule has 12 heavy (non-hydrogen) atoms. The van der Waals surface area contributed by atoms with Crippen LogP contribution in [-0.4, -0.2) is 10.1 Å². The molecule has 0 aliphatic heterocycles. The first-order valence-electron chi connectivity index (χ1n) is 4.42. The van der Waals surface area contributed by atoms with Gasteiger partial charge < -0.3 is 5.11 Å². The molecule has 2 nitrogen and oxygen atoms in total. The van der Waals surface area contributed by atoms with Crippen LogP contribution < -0.4 is 0 Å². The molecule has 1 aromatic rings. The minimum absolute atomic E-state index is 0.337. The summed E-state index contributed by atoms with van der Waals surface area (Å²) in [4.78, 5) is 4.06. The summed E-state index contributed by atoms with van der Waals surface area (Å²) in [6, 6.07) is 0. The SMILES string of the molecule is CCCCC[C@@H](O)c1nccs1. The van der Waals surface area contributed by atoms with Crippen LogP contribution in [-0.2, 0) is 0 Å². The minimum Gasteiger partial charge on any atom is -0.386 e. The molecule has 0 amide bonds. The summed E-state index contributed by atoms with van der Waals surface area (Å²) in [5, 5.41) is 12.3. The zero-order valence-corrected chi connectivity index (χ0v) is 8.18. The third-order valence-corrected chi connectivity index (χ3v) is 2.69. The molecule has 0 fully saturated rings. The molecule has 1 heterocycles. The summed E-state index contributed by atoms with van der Waals surface area (Å²) in [5.74, 6) is 0. The Kier molecular flexibility index (Phi) is 4.25. The van der Waals surface area contributed by atoms with Crippen LogP contribution >= 0.6 is 11.3 Å². The van der Waals surface area contributed by atoms with Gasteiger partial charge in [0.15, 0.2) is 0 Å². The topological polar surface area (TPSA) is 33.1 Å². The summed E-state index contributed by atoms with van der Waals surface area (Å²) < 4.78 is 0. The lowest BCUT2D eigenvalue weighted by atomic mass is 10.1. The zero-order chi connectivity index (χ0) is 8.81. The number of hydrogen-bond acceptors (Lipinski definition) is 3. The van der Waals surface area contributed by atoms with E-state index in [1.807, 2.05) is 5.38 Å². The highest BCUT2D eigenvalue weighted by Crippen LogP contribution is 2.20. The van der Waals surface area contributed by atoms with Crippen molar-refractivity contribution in [2.75, 3.05) is 0 Å². The monoisotopic (exact) mass is 185 g/mol. The van der Waals surface area contributed by atoms with Crippen LogP contribution in [0.15, 0.2) is 11.6 Å². The van der Waals surface area contributed by atoms with Crippen molar-refractivity contribution in [1.29, 1.82) is 0 Å². The maximum Gasteiger partial charge on any atom is 0.121 e. The predicted molar refractivity (Wildman–Crippen MR) is 51.2 cm³/mol. The van der Waals surface area contributed by atoms with Crippen molar-refractivity contribution in [2.24, 2.45) is 0 Å². The highest BCUT2D eigenvalue weighted by atomic mass is 32.1. The summed E-state index contributed by atoms with van der Waals surface area (Å²) >= 11 is 1.53. The number of aliphatic hydroxyl groups is 1. The van der Waals surface area contributed by atoms with Crippen LogP contribution in [0.25, 0.3) is 0 Å². The third kappa shape index (κ3) is 2.91. The number of rotatable bonds is 5. The highest BCUT2D eigenvalue weighted by Gasteiger charge is 2.08. The molecule has 0 unspecified atom stereocenters. The molecular formula is C9H15NOS. The fourth-order valence-corrected chi connectivity index (χ4v) is 1.77. The van der Waals surface area contributed by atoms with Gasteiger partial charge >= 0.3 is 0 Å². The van der Waals surface area contributed by atoms with Crippen LogP contribution in [0.4, 0.5) is 0 Å². The predicted octanol–water partition coefficient (Wildman–Crippen LogP) is 2.76. The van der Waals surface area contributed by atoms with Crippen molar-refractivity contribution in [2.45, 2.75) is 38.7 Å². The van der Waals surface area contributed by atoms with E-state index in [1.54, 1.807) is 6.20 Å². The molecule has 68 valence electrons. The molecule has 0 spiro atoms. The van der Waals surface area contributed by atoms with Crippen molar-refractivity contribution < 1.29 is 5.11 Å². The van der Waals surface area contributed by atoms with E-state index in [1.165, 1.54) is 24.2 Å². The van der Waals surface area contributed by atoms with Crippen molar-refractivity contribution in [3.63, 3.8) is 0 Å². The Balaban J connectivity index is 2.25. The van der Waals surface area contributed by atoms with E-state index < -0.39 is 0 Å². The summed E-state index contributed by atoms with van der Waals surface area (Å²) in [6.07, 6.45) is 5.74. The van der Waals surface area contributed by atoms with Crippen molar-refractivity contribution in [1.82, 2.24) is 4.98 Å². The normalized spacial score (nSPS) is 13.2. The summed E-state index contributed by atoms with van der Waals surface area (Å²) in [7, 11) is 0. The van der Waals surface area contributed by atoms with Gasteiger partial charge in [-0.3, -0.25) is 0 Å². The first kappa shape index (κ1) is 9.68. The Hall–Kier alpha value is -0.410. The van der Waals surface area contributed by atoms with E-state index in [4.69, 9.17) is 0 Å². The first-order valence-corrected chi connectivity index (χ1v) is 5.30. The second kappa shape index (κ2) is 5.27. The molecule has 1 rings (SSSR count). The maximum atomic E-state index is 9.58. The number of nitrogens with zero attached hydrogens (tertiary/aromatic N) is 1. The van der Waals surface area contributed by atoms with Gasteiger partial charge in [-0.2, -0.15) is 0 Å². The van der Waals surface area contributed by atoms with Crippen LogP contribution in [0.5, 0.6) is 0 Å². The quantitative estimate of drug-likeness (QED) is 0.715. The first-order chi connectivity index (χ1) is 5.84. The van der Waals surface area contributed by atoms with Gasteiger partial charge in [0.1, 0.15) is 11.1 Å². The van der Waals surface area contributed by atoms with E-state index in [0.717, 1.165) is 17.8 Å². The van der Waals surface area contributed by atoms with Crippen LogP contribution in [0.3, 0.4) is 0 Å². The number of aromatic nitrogens is 1. The second-order valence-corrected chi connectivity index (χ2v) is 3.81. The molecule has 1 N–H and O–H groups in total. The molecule has 0 aliphatic carbocycles. The zero-order valence-electron chi connectivity index (χ0n) is 7.36. The molecule has 0 saturated heterocycles. The van der Waals surface area contributed by atoms with Gasteiger partial charge in [-0.25, -0.2) is 4.98 Å². The molecule has 0 saturated carbocycles. The molecule has 0 aromatic carbocycles. The van der Waals surface area contributed by atoms with E-state index in [-0.39, 0.29) is 6.10 Å². The fourth-order valence-electron chi connectivity index (χ4n) is 1.11. The molecule has 0 radical (unpaired) electrons. The van der Waals surface area contributed by atoms with Crippen molar-refractivity contribution in [3.8, 4) is 0 Å². The molecule has 1 aromatic heterocycles. The lowest BCUT2D eigenvalue weighted by Gasteiger charge is -2.05. The standard InChI is InChI=1S/C9H15NOS/c1-2-3-4-5-8(11)9-10-6-7-12-9/h6-8,11H,2-5H2,1H3/t8-/m1/s1. The number of unbranched alkanes of at least 4 members (excludes halogenated alkanes) is 2. The average molecular weight is 185 g/mol. The molecule has 0 bridgehead atoms. The van der Waals surface area contributed by atoms with Crippen LogP contribution in [0.2, 0.25) is 0 Å². The van der Waals surface area contributed by atoms with Gasteiger partial charge in [0.05, 0.1) is 0 Å². The Morgan fingerprint density at radius 3 is 3.00 bits per heavy atom. The Morgan fingerprint density at radius 2 is 2.42 bits per heavy atom. The van der Waals surface area contributed by atoms with E-state index in [0.29, 0.717) is 0 Å². The van der Waals surface area contributed by atoms with Gasteiger partial charge in [-0.05, 0) is 6.42 Å². The smallest absolute Gasteiger partial charge is 0.121 e. The van der Waals surface area contributed by atoms with Gasteiger partial charge in [0.2, 0.25) is 0 Å². The van der Waals surface area contributed by atoms with Crippen LogP contribution in [0.1, 0.15) is 43.7 Å². The van der Waals surface area contributed by atoms with Crippen LogP contribution in [0, 0.1) is 0 Å². The minimum atomic E-state index is -0.337. The van der Waals surface area contributed by atoms with Gasteiger partial charge in [-0.1, -0.05) is 26.2 Å². The van der Waals surface area contributed by atoms with E-state index in [2.05, 4.69) is 11.9 Å². The lowest BCUT2D eigenvalue weighted by Crippen LogP contribution is -1.95. The Bertz CT molecular complexity index is 198. The van der Waals surface area contributed by atoms with E-state index in [9.17, 15) is 5.11 Å². The maximum absolute atomic E-state index is 9.58. The number of hydrogen-bond donors (Lipinski definition) is 1.